The maximum atomic E-state index is 10.8. The van der Waals surface area contributed by atoms with Crippen LogP contribution in [0.25, 0.3) is 0 Å². The lowest BCUT2D eigenvalue weighted by atomic mass is 9.81. The summed E-state index contributed by atoms with van der Waals surface area (Å²) in [6.45, 7) is 3.10. The van der Waals surface area contributed by atoms with Crippen LogP contribution in [0.1, 0.15) is 39.0 Å². The molecule has 1 aliphatic rings. The lowest BCUT2D eigenvalue weighted by molar-refractivity contribution is -0.388. The molecule has 1 saturated carbocycles. The van der Waals surface area contributed by atoms with E-state index in [0.29, 0.717) is 5.69 Å². The summed E-state index contributed by atoms with van der Waals surface area (Å²) in [7, 11) is 0. The van der Waals surface area contributed by atoms with Crippen molar-refractivity contribution in [1.29, 1.82) is 0 Å². The zero-order valence-electron chi connectivity index (χ0n) is 11.3. The lowest BCUT2D eigenvalue weighted by Crippen LogP contribution is -2.16. The van der Waals surface area contributed by atoms with Gasteiger partial charge in [0.2, 0.25) is 0 Å². The van der Waals surface area contributed by atoms with E-state index < -0.39 is 4.92 Å². The van der Waals surface area contributed by atoms with Crippen molar-refractivity contribution in [3.05, 3.63) is 28.4 Å². The number of rotatable bonds is 5. The summed E-state index contributed by atoms with van der Waals surface area (Å²) in [5, 5.41) is 14.0. The van der Waals surface area contributed by atoms with E-state index in [4.69, 9.17) is 0 Å². The number of nitrogens with zero attached hydrogens (tertiary/aromatic N) is 2. The van der Waals surface area contributed by atoms with E-state index in [1.54, 1.807) is 12.1 Å². The number of pyridine rings is 1. The van der Waals surface area contributed by atoms with Crippen LogP contribution in [0.2, 0.25) is 0 Å². The Morgan fingerprint density at radius 1 is 1.42 bits per heavy atom. The Bertz CT molecular complexity index is 428. The maximum absolute atomic E-state index is 10.8. The molecular weight excluding hydrogens is 242 g/mol. The molecule has 1 aliphatic carbocycles. The maximum Gasteiger partial charge on any atom is 0.386 e. The molecule has 0 unspecified atom stereocenters. The fourth-order valence-electron chi connectivity index (χ4n) is 2.71. The molecule has 0 amide bonds. The van der Waals surface area contributed by atoms with Gasteiger partial charge in [0.15, 0.2) is 0 Å². The topological polar surface area (TPSA) is 68.1 Å². The first-order valence-corrected chi connectivity index (χ1v) is 7.00. The van der Waals surface area contributed by atoms with Crippen LogP contribution < -0.4 is 5.32 Å². The van der Waals surface area contributed by atoms with E-state index in [-0.39, 0.29) is 5.82 Å². The van der Waals surface area contributed by atoms with E-state index in [9.17, 15) is 10.1 Å². The van der Waals surface area contributed by atoms with E-state index in [1.807, 2.05) is 0 Å². The molecule has 0 saturated heterocycles. The number of hydrogen-bond donors (Lipinski definition) is 1. The predicted molar refractivity (Wildman–Crippen MR) is 75.1 cm³/mol. The van der Waals surface area contributed by atoms with Crippen LogP contribution in [0.5, 0.6) is 0 Å². The molecule has 104 valence electrons. The third-order valence-electron chi connectivity index (χ3n) is 3.96. The van der Waals surface area contributed by atoms with Gasteiger partial charge < -0.3 is 15.4 Å². The Labute approximate surface area is 113 Å². The van der Waals surface area contributed by atoms with E-state index >= 15 is 0 Å². The average Bonchev–Trinajstić information content (AvgIpc) is 2.41. The van der Waals surface area contributed by atoms with Gasteiger partial charge in [0.25, 0.3) is 0 Å². The summed E-state index contributed by atoms with van der Waals surface area (Å²) in [6, 6.07) is 3.44. The van der Waals surface area contributed by atoms with Crippen molar-refractivity contribution in [2.24, 2.45) is 11.8 Å². The number of aromatic nitrogens is 1. The van der Waals surface area contributed by atoms with Crippen molar-refractivity contribution < 1.29 is 4.92 Å². The molecule has 0 bridgehead atoms. The van der Waals surface area contributed by atoms with Crippen LogP contribution in [0.15, 0.2) is 18.3 Å². The van der Waals surface area contributed by atoms with Gasteiger partial charge in [-0.05, 0) is 40.3 Å². The molecule has 1 fully saturated rings. The van der Waals surface area contributed by atoms with Gasteiger partial charge in [-0.1, -0.05) is 32.6 Å². The fraction of sp³-hybridized carbons (Fsp3) is 0.643. The average molecular weight is 263 g/mol. The van der Waals surface area contributed by atoms with Gasteiger partial charge in [0.05, 0.1) is 0 Å². The van der Waals surface area contributed by atoms with E-state index in [1.165, 1.54) is 31.9 Å². The Morgan fingerprint density at radius 2 is 2.16 bits per heavy atom. The highest BCUT2D eigenvalue weighted by Gasteiger charge is 2.18. The van der Waals surface area contributed by atoms with Crippen molar-refractivity contribution in [3.8, 4) is 0 Å². The Kier molecular flexibility index (Phi) is 4.71. The van der Waals surface area contributed by atoms with Crippen molar-refractivity contribution in [3.63, 3.8) is 0 Å². The molecule has 1 aromatic rings. The molecule has 2 rings (SSSR count). The zero-order valence-corrected chi connectivity index (χ0v) is 11.3. The summed E-state index contributed by atoms with van der Waals surface area (Å²) in [5.74, 6) is 1.54. The summed E-state index contributed by atoms with van der Waals surface area (Å²) >= 11 is 0. The molecule has 19 heavy (non-hydrogen) atoms. The molecule has 1 aromatic heterocycles. The first-order chi connectivity index (χ1) is 9.16. The fourth-order valence-corrected chi connectivity index (χ4v) is 2.71. The van der Waals surface area contributed by atoms with Gasteiger partial charge in [-0.3, -0.25) is 0 Å². The Morgan fingerprint density at radius 3 is 2.84 bits per heavy atom. The molecule has 1 heterocycles. The smallest absolute Gasteiger partial charge is 0.378 e. The van der Waals surface area contributed by atoms with Gasteiger partial charge in [0, 0.05) is 6.54 Å². The molecule has 5 heteroatoms. The first kappa shape index (κ1) is 13.8. The summed E-state index contributed by atoms with van der Waals surface area (Å²) < 4.78 is 0. The minimum Gasteiger partial charge on any atom is -0.378 e. The van der Waals surface area contributed by atoms with Crippen LogP contribution in [-0.4, -0.2) is 16.5 Å². The van der Waals surface area contributed by atoms with Crippen LogP contribution in [0.4, 0.5) is 11.5 Å². The molecular formula is C14H21N3O2. The summed E-state index contributed by atoms with van der Waals surface area (Å²) in [4.78, 5) is 14.2. The predicted octanol–water partition coefficient (Wildman–Crippen LogP) is 3.62. The molecule has 5 nitrogen and oxygen atoms in total. The lowest BCUT2D eigenvalue weighted by Gasteiger charge is -2.26. The van der Waals surface area contributed by atoms with Gasteiger partial charge in [0.1, 0.15) is 11.9 Å². The standard InChI is InChI=1S/C14H21N3O2/c1-11-4-6-12(7-5-11)8-10-15-13-3-2-9-16-14(13)17(18)19/h2-3,9,11-12,15H,4-8,10H2,1H3. The van der Waals surface area contributed by atoms with Crippen LogP contribution in [0, 0.1) is 22.0 Å². The SMILES string of the molecule is CC1CCC(CCNc2cccnc2[N+](=O)[O-])CC1. The molecule has 0 aromatic carbocycles. The Hall–Kier alpha value is -1.65. The van der Waals surface area contributed by atoms with E-state index in [2.05, 4.69) is 17.2 Å². The first-order valence-electron chi connectivity index (χ1n) is 7.00. The number of anilines is 1. The van der Waals surface area contributed by atoms with Crippen LogP contribution in [0.3, 0.4) is 0 Å². The third-order valence-corrected chi connectivity index (χ3v) is 3.96. The largest absolute Gasteiger partial charge is 0.386 e. The van der Waals surface area contributed by atoms with Crippen molar-refractivity contribution in [2.45, 2.75) is 39.0 Å². The monoisotopic (exact) mass is 263 g/mol. The normalized spacial score (nSPS) is 23.0. The van der Waals surface area contributed by atoms with Crippen LogP contribution in [-0.2, 0) is 0 Å². The van der Waals surface area contributed by atoms with Gasteiger partial charge in [-0.25, -0.2) is 0 Å². The summed E-state index contributed by atoms with van der Waals surface area (Å²) in [5.41, 5.74) is 0.525. The minimum absolute atomic E-state index is 0.0835. The summed E-state index contributed by atoms with van der Waals surface area (Å²) in [6.07, 6.45) is 7.75. The van der Waals surface area contributed by atoms with Gasteiger partial charge in [-0.15, -0.1) is 0 Å². The molecule has 0 atom stereocenters. The van der Waals surface area contributed by atoms with Crippen molar-refractivity contribution >= 4 is 11.5 Å². The zero-order chi connectivity index (χ0) is 13.7. The Balaban J connectivity index is 1.81. The van der Waals surface area contributed by atoms with Gasteiger partial charge >= 0.3 is 5.82 Å². The number of nitro groups is 1. The number of nitrogens with one attached hydrogen (secondary N) is 1. The highest BCUT2D eigenvalue weighted by Crippen LogP contribution is 2.30. The highest BCUT2D eigenvalue weighted by atomic mass is 16.6. The van der Waals surface area contributed by atoms with E-state index in [0.717, 1.165) is 24.8 Å². The van der Waals surface area contributed by atoms with Crippen LogP contribution >= 0.6 is 0 Å². The number of hydrogen-bond acceptors (Lipinski definition) is 4. The quantitative estimate of drug-likeness (QED) is 0.650. The van der Waals surface area contributed by atoms with Crippen molar-refractivity contribution in [1.82, 2.24) is 4.98 Å². The second-order valence-corrected chi connectivity index (χ2v) is 5.47. The molecule has 0 aliphatic heterocycles. The second kappa shape index (κ2) is 6.50. The van der Waals surface area contributed by atoms with Crippen molar-refractivity contribution in [2.75, 3.05) is 11.9 Å². The molecule has 0 radical (unpaired) electrons. The highest BCUT2D eigenvalue weighted by molar-refractivity contribution is 5.56. The second-order valence-electron chi connectivity index (χ2n) is 5.47. The van der Waals surface area contributed by atoms with Gasteiger partial charge in [-0.2, -0.15) is 0 Å². The molecule has 1 N–H and O–H groups in total. The third kappa shape index (κ3) is 3.91. The minimum atomic E-state index is -0.440. The molecule has 0 spiro atoms.